The highest BCUT2D eigenvalue weighted by Crippen LogP contribution is 2.15. The van der Waals surface area contributed by atoms with Crippen molar-refractivity contribution in [1.29, 1.82) is 0 Å². The molecule has 1 aromatic carbocycles. The highest BCUT2D eigenvalue weighted by molar-refractivity contribution is 5.78. The van der Waals surface area contributed by atoms with Gasteiger partial charge >= 0.3 is 0 Å². The van der Waals surface area contributed by atoms with Gasteiger partial charge in [0.1, 0.15) is 5.82 Å². The van der Waals surface area contributed by atoms with Gasteiger partial charge in [-0.05, 0) is 23.6 Å². The van der Waals surface area contributed by atoms with Crippen molar-refractivity contribution in [1.82, 2.24) is 4.90 Å². The molecule has 0 fully saturated rings. The average molecular weight is 252 g/mol. The van der Waals surface area contributed by atoms with E-state index in [-0.39, 0.29) is 23.6 Å². The second kappa shape index (κ2) is 5.96. The van der Waals surface area contributed by atoms with Gasteiger partial charge in [-0.1, -0.05) is 32.0 Å². The van der Waals surface area contributed by atoms with Crippen molar-refractivity contribution >= 4 is 5.91 Å². The fraction of sp³-hybridized carbons (Fsp3) is 0.500. The van der Waals surface area contributed by atoms with Crippen LogP contribution < -0.4 is 5.73 Å². The summed E-state index contributed by atoms with van der Waals surface area (Å²) in [4.78, 5) is 13.6. The number of likely N-dealkylation sites (N-methyl/N-ethyl adjacent to an activating group) is 1. The Hall–Kier alpha value is -1.42. The summed E-state index contributed by atoms with van der Waals surface area (Å²) in [5.41, 5.74) is 5.94. The van der Waals surface area contributed by atoms with Crippen molar-refractivity contribution in [3.05, 3.63) is 35.6 Å². The van der Waals surface area contributed by atoms with E-state index < -0.39 is 0 Å². The van der Waals surface area contributed by atoms with Crippen molar-refractivity contribution < 1.29 is 9.18 Å². The Morgan fingerprint density at radius 2 is 2.00 bits per heavy atom. The molecule has 4 heteroatoms. The van der Waals surface area contributed by atoms with Crippen LogP contribution >= 0.6 is 0 Å². The smallest absolute Gasteiger partial charge is 0.226 e. The maximum absolute atomic E-state index is 13.4. The van der Waals surface area contributed by atoms with Crippen LogP contribution in [0, 0.1) is 11.2 Å². The molecule has 0 atom stereocenters. The van der Waals surface area contributed by atoms with Gasteiger partial charge in [0.05, 0.1) is 6.42 Å². The lowest BCUT2D eigenvalue weighted by molar-refractivity contribution is -0.130. The van der Waals surface area contributed by atoms with Crippen LogP contribution in [0.5, 0.6) is 0 Å². The fourth-order valence-electron chi connectivity index (χ4n) is 1.73. The molecular formula is C14H21FN2O. The van der Waals surface area contributed by atoms with E-state index in [1.165, 1.54) is 6.07 Å². The fourth-order valence-corrected chi connectivity index (χ4v) is 1.73. The molecule has 2 N–H and O–H groups in total. The van der Waals surface area contributed by atoms with E-state index in [4.69, 9.17) is 5.73 Å². The predicted octanol–water partition coefficient (Wildman–Crippen LogP) is 1.81. The molecule has 0 spiro atoms. The average Bonchev–Trinajstić information content (AvgIpc) is 2.31. The Kier molecular flexibility index (Phi) is 4.84. The maximum atomic E-state index is 13.4. The summed E-state index contributed by atoms with van der Waals surface area (Å²) in [5, 5.41) is 0. The number of rotatable bonds is 5. The van der Waals surface area contributed by atoms with Gasteiger partial charge in [-0.2, -0.15) is 0 Å². The van der Waals surface area contributed by atoms with Crippen molar-refractivity contribution in [3.63, 3.8) is 0 Å². The molecule has 0 aliphatic carbocycles. The van der Waals surface area contributed by atoms with Crippen LogP contribution in [0.25, 0.3) is 0 Å². The molecule has 100 valence electrons. The second-order valence-electron chi connectivity index (χ2n) is 5.39. The van der Waals surface area contributed by atoms with Crippen LogP contribution in [0.1, 0.15) is 19.4 Å². The Morgan fingerprint density at radius 1 is 1.39 bits per heavy atom. The molecule has 0 aliphatic rings. The zero-order chi connectivity index (χ0) is 13.8. The third-order valence-electron chi connectivity index (χ3n) is 2.94. The van der Waals surface area contributed by atoms with Crippen LogP contribution in [0.15, 0.2) is 24.3 Å². The molecule has 1 rings (SSSR count). The summed E-state index contributed by atoms with van der Waals surface area (Å²) in [6, 6.07) is 6.35. The van der Waals surface area contributed by atoms with Crippen molar-refractivity contribution in [2.75, 3.05) is 20.1 Å². The number of nitrogens with zero attached hydrogens (tertiary/aromatic N) is 1. The van der Waals surface area contributed by atoms with E-state index in [1.807, 2.05) is 13.8 Å². The van der Waals surface area contributed by atoms with Gasteiger partial charge in [0.2, 0.25) is 5.91 Å². The summed E-state index contributed by atoms with van der Waals surface area (Å²) in [6.45, 7) is 5.07. The van der Waals surface area contributed by atoms with E-state index in [9.17, 15) is 9.18 Å². The van der Waals surface area contributed by atoms with E-state index in [0.717, 1.165) is 0 Å². The Labute approximate surface area is 108 Å². The van der Waals surface area contributed by atoms with E-state index in [0.29, 0.717) is 18.7 Å². The number of hydrogen-bond donors (Lipinski definition) is 1. The quantitative estimate of drug-likeness (QED) is 0.868. The Balaban J connectivity index is 2.64. The lowest BCUT2D eigenvalue weighted by Crippen LogP contribution is -2.40. The normalized spacial score (nSPS) is 11.4. The zero-order valence-electron chi connectivity index (χ0n) is 11.2. The molecule has 1 amide bonds. The third-order valence-corrected chi connectivity index (χ3v) is 2.94. The topological polar surface area (TPSA) is 46.3 Å². The lowest BCUT2D eigenvalue weighted by atomic mass is 9.93. The molecule has 18 heavy (non-hydrogen) atoms. The standard InChI is InChI=1S/C14H21FN2O/c1-14(2,9-16)10-17(3)13(18)8-11-6-4-5-7-12(11)15/h4-7H,8-10,16H2,1-3H3. The molecule has 0 saturated heterocycles. The summed E-state index contributed by atoms with van der Waals surface area (Å²) in [7, 11) is 1.72. The maximum Gasteiger partial charge on any atom is 0.226 e. The first-order valence-corrected chi connectivity index (χ1v) is 6.03. The largest absolute Gasteiger partial charge is 0.345 e. The first-order chi connectivity index (χ1) is 8.35. The molecule has 0 bridgehead atoms. The molecule has 0 aromatic heterocycles. The van der Waals surface area contributed by atoms with Gasteiger partial charge in [0.25, 0.3) is 0 Å². The van der Waals surface area contributed by atoms with Crippen LogP contribution in [-0.2, 0) is 11.2 Å². The highest BCUT2D eigenvalue weighted by atomic mass is 19.1. The molecule has 0 heterocycles. The number of benzene rings is 1. The van der Waals surface area contributed by atoms with Gasteiger partial charge in [0.15, 0.2) is 0 Å². The van der Waals surface area contributed by atoms with Crippen LogP contribution in [0.2, 0.25) is 0 Å². The van der Waals surface area contributed by atoms with E-state index in [2.05, 4.69) is 0 Å². The number of carbonyl (C=O) groups is 1. The monoisotopic (exact) mass is 252 g/mol. The summed E-state index contributed by atoms with van der Waals surface area (Å²) < 4.78 is 13.4. The highest BCUT2D eigenvalue weighted by Gasteiger charge is 2.21. The van der Waals surface area contributed by atoms with Crippen molar-refractivity contribution in [2.45, 2.75) is 20.3 Å². The number of hydrogen-bond acceptors (Lipinski definition) is 2. The molecule has 0 radical (unpaired) electrons. The SMILES string of the molecule is CN(CC(C)(C)CN)C(=O)Cc1ccccc1F. The minimum Gasteiger partial charge on any atom is -0.345 e. The minimum absolute atomic E-state index is 0.0871. The Bertz CT molecular complexity index is 418. The van der Waals surface area contributed by atoms with Crippen LogP contribution in [-0.4, -0.2) is 30.9 Å². The predicted molar refractivity (Wildman–Crippen MR) is 70.6 cm³/mol. The van der Waals surface area contributed by atoms with Gasteiger partial charge in [-0.25, -0.2) is 4.39 Å². The van der Waals surface area contributed by atoms with Crippen molar-refractivity contribution in [2.24, 2.45) is 11.1 Å². The molecule has 0 saturated carbocycles. The number of carbonyl (C=O) groups excluding carboxylic acids is 1. The number of nitrogens with two attached hydrogens (primary N) is 1. The summed E-state index contributed by atoms with van der Waals surface area (Å²) in [5.74, 6) is -0.432. The van der Waals surface area contributed by atoms with Gasteiger partial charge in [0, 0.05) is 13.6 Å². The molecular weight excluding hydrogens is 231 g/mol. The minimum atomic E-state index is -0.336. The van der Waals surface area contributed by atoms with Crippen LogP contribution in [0.4, 0.5) is 4.39 Å². The number of amides is 1. The Morgan fingerprint density at radius 3 is 2.56 bits per heavy atom. The van der Waals surface area contributed by atoms with Crippen LogP contribution in [0.3, 0.4) is 0 Å². The molecule has 3 nitrogen and oxygen atoms in total. The molecule has 0 unspecified atom stereocenters. The first kappa shape index (κ1) is 14.6. The van der Waals surface area contributed by atoms with Crippen molar-refractivity contribution in [3.8, 4) is 0 Å². The van der Waals surface area contributed by atoms with E-state index in [1.54, 1.807) is 30.1 Å². The zero-order valence-corrected chi connectivity index (χ0v) is 11.2. The third kappa shape index (κ3) is 4.11. The molecule has 0 aliphatic heterocycles. The summed E-state index contributed by atoms with van der Waals surface area (Å²) >= 11 is 0. The lowest BCUT2D eigenvalue weighted by Gasteiger charge is -2.29. The second-order valence-corrected chi connectivity index (χ2v) is 5.39. The van der Waals surface area contributed by atoms with Gasteiger partial charge < -0.3 is 10.6 Å². The van der Waals surface area contributed by atoms with Gasteiger partial charge in [-0.15, -0.1) is 0 Å². The van der Waals surface area contributed by atoms with Gasteiger partial charge in [-0.3, -0.25) is 4.79 Å². The first-order valence-electron chi connectivity index (χ1n) is 6.03. The number of halogens is 1. The molecule has 1 aromatic rings. The summed E-state index contributed by atoms with van der Waals surface area (Å²) in [6.07, 6.45) is 0.0871. The van der Waals surface area contributed by atoms with E-state index >= 15 is 0 Å².